The molecule has 2 atom stereocenters. The van der Waals surface area contributed by atoms with Gasteiger partial charge in [-0.25, -0.2) is 17.9 Å². The van der Waals surface area contributed by atoms with Crippen molar-refractivity contribution in [3.63, 3.8) is 0 Å². The highest BCUT2D eigenvalue weighted by molar-refractivity contribution is 7.89. The summed E-state index contributed by atoms with van der Waals surface area (Å²) < 4.78 is 32.5. The van der Waals surface area contributed by atoms with Gasteiger partial charge in [-0.2, -0.15) is 0 Å². The minimum absolute atomic E-state index is 0. The molecule has 35 heavy (non-hydrogen) atoms. The van der Waals surface area contributed by atoms with E-state index in [1.54, 1.807) is 4.90 Å². The maximum Gasteiger partial charge on any atom is 0.324 e. The summed E-state index contributed by atoms with van der Waals surface area (Å²) in [5, 5.41) is 3.36. The van der Waals surface area contributed by atoms with E-state index in [2.05, 4.69) is 10.0 Å². The molecule has 2 aliphatic heterocycles. The molecule has 11 heteroatoms. The van der Waals surface area contributed by atoms with Gasteiger partial charge in [-0.05, 0) is 63.2 Å². The van der Waals surface area contributed by atoms with E-state index in [1.807, 2.05) is 42.2 Å². The number of methoxy groups -OCH3 is 1. The predicted molar refractivity (Wildman–Crippen MR) is 139 cm³/mol. The molecule has 2 aliphatic rings. The smallest absolute Gasteiger partial charge is 0.324 e. The second-order valence-corrected chi connectivity index (χ2v) is 11.0. The van der Waals surface area contributed by atoms with Crippen molar-refractivity contribution in [1.82, 2.24) is 14.9 Å². The number of carbonyl (C=O) groups excluding carboxylic acids is 2. The van der Waals surface area contributed by atoms with Gasteiger partial charge >= 0.3 is 12.0 Å². The van der Waals surface area contributed by atoms with Crippen LogP contribution in [0.2, 0.25) is 0 Å². The third-order valence-electron chi connectivity index (χ3n) is 6.70. The molecule has 2 amide bonds. The second-order valence-electron chi connectivity index (χ2n) is 9.16. The summed E-state index contributed by atoms with van der Waals surface area (Å²) in [4.78, 5) is 29.5. The van der Waals surface area contributed by atoms with Crippen LogP contribution in [0.15, 0.2) is 30.3 Å². The molecule has 2 heterocycles. The van der Waals surface area contributed by atoms with Crippen LogP contribution in [0.4, 0.5) is 10.5 Å². The number of benzene rings is 1. The van der Waals surface area contributed by atoms with E-state index in [4.69, 9.17) is 4.74 Å². The molecule has 0 radical (unpaired) electrons. The summed E-state index contributed by atoms with van der Waals surface area (Å²) in [5.41, 5.74) is 0.792. The van der Waals surface area contributed by atoms with Gasteiger partial charge in [0.25, 0.3) is 0 Å². The molecule has 0 aromatic heterocycles. The summed E-state index contributed by atoms with van der Waals surface area (Å²) in [6, 6.07) is 7.97. The fourth-order valence-corrected chi connectivity index (χ4v) is 6.12. The zero-order valence-corrected chi connectivity index (χ0v) is 22.3. The molecule has 3 rings (SSSR count). The second kappa shape index (κ2) is 14.0. The first kappa shape index (κ1) is 29.4. The standard InChI is InChI=1S/C24H38N4O5S.ClH/c1-3-4-16-34(31,32)26-22(23(29)33-2)17-21-18-28(20-8-6-5-7-9-20)24(30)27(21)15-12-19-10-13-25-14-11-19;/h5-9,19,21-22,25-26H,3-4,10-18H2,1-2H3;1H. The first-order chi connectivity index (χ1) is 16.3. The van der Waals surface area contributed by atoms with Gasteiger partial charge in [0.2, 0.25) is 10.0 Å². The lowest BCUT2D eigenvalue weighted by Crippen LogP contribution is -2.47. The molecule has 2 N–H and O–H groups in total. The van der Waals surface area contributed by atoms with Crippen LogP contribution in [0, 0.1) is 5.92 Å². The van der Waals surface area contributed by atoms with Crippen LogP contribution >= 0.6 is 12.4 Å². The zero-order chi connectivity index (χ0) is 24.6. The van der Waals surface area contributed by atoms with E-state index in [0.717, 1.165) is 44.5 Å². The SMILES string of the molecule is CCCCS(=O)(=O)NC(CC1CN(c2ccccc2)C(=O)N1CCC1CCNCC1)C(=O)OC.Cl. The predicted octanol–water partition coefficient (Wildman–Crippen LogP) is 2.76. The van der Waals surface area contributed by atoms with Crippen LogP contribution < -0.4 is 14.9 Å². The molecule has 198 valence electrons. The third kappa shape index (κ3) is 8.34. The number of hydrogen-bond acceptors (Lipinski definition) is 6. The maximum absolute atomic E-state index is 13.4. The number of para-hydroxylation sites is 1. The number of halogens is 1. The Morgan fingerprint density at radius 1 is 1.23 bits per heavy atom. The van der Waals surface area contributed by atoms with E-state index in [9.17, 15) is 18.0 Å². The first-order valence-electron chi connectivity index (χ1n) is 12.3. The maximum atomic E-state index is 13.4. The lowest BCUT2D eigenvalue weighted by atomic mass is 9.94. The van der Waals surface area contributed by atoms with Gasteiger partial charge in [0, 0.05) is 18.8 Å². The van der Waals surface area contributed by atoms with Gasteiger partial charge in [-0.1, -0.05) is 31.5 Å². The number of rotatable bonds is 12. The number of esters is 1. The quantitative estimate of drug-likeness (QED) is 0.402. The molecular weight excluding hydrogens is 492 g/mol. The van der Waals surface area contributed by atoms with Gasteiger partial charge in [0.05, 0.1) is 18.9 Å². The Morgan fingerprint density at radius 3 is 2.54 bits per heavy atom. The highest BCUT2D eigenvalue weighted by Gasteiger charge is 2.41. The molecule has 2 saturated heterocycles. The van der Waals surface area contributed by atoms with Crippen LogP contribution in [-0.2, 0) is 19.6 Å². The van der Waals surface area contributed by atoms with Gasteiger partial charge in [-0.15, -0.1) is 12.4 Å². The van der Waals surface area contributed by atoms with Crippen LogP contribution in [0.3, 0.4) is 0 Å². The fourth-order valence-electron chi connectivity index (χ4n) is 4.71. The minimum atomic E-state index is -3.64. The molecule has 0 aliphatic carbocycles. The van der Waals surface area contributed by atoms with E-state index >= 15 is 0 Å². The topological polar surface area (TPSA) is 108 Å². The Hall–Kier alpha value is -1.88. The Bertz CT molecular complexity index is 912. The number of piperidine rings is 1. The van der Waals surface area contributed by atoms with Gasteiger partial charge in [0.15, 0.2) is 0 Å². The normalized spacial score (nSPS) is 19.9. The van der Waals surface area contributed by atoms with Crippen molar-refractivity contribution in [1.29, 1.82) is 0 Å². The largest absolute Gasteiger partial charge is 0.468 e. The fraction of sp³-hybridized carbons (Fsp3) is 0.667. The number of unbranched alkanes of at least 4 members (excludes halogenated alkanes) is 1. The first-order valence-corrected chi connectivity index (χ1v) is 13.9. The van der Waals surface area contributed by atoms with E-state index in [-0.39, 0.29) is 36.7 Å². The zero-order valence-electron chi connectivity index (χ0n) is 20.6. The summed E-state index contributed by atoms with van der Waals surface area (Å²) in [6.45, 7) is 4.85. The number of carbonyl (C=O) groups is 2. The molecule has 2 unspecified atom stereocenters. The summed E-state index contributed by atoms with van der Waals surface area (Å²) >= 11 is 0. The van der Waals surface area contributed by atoms with Crippen molar-refractivity contribution in [2.24, 2.45) is 5.92 Å². The molecule has 0 saturated carbocycles. The number of anilines is 1. The number of urea groups is 1. The Balaban J connectivity index is 0.00000432. The van der Waals surface area contributed by atoms with E-state index < -0.39 is 22.0 Å². The number of sulfonamides is 1. The monoisotopic (exact) mass is 530 g/mol. The molecule has 1 aromatic rings. The van der Waals surface area contributed by atoms with Crippen LogP contribution in [-0.4, -0.2) is 76.4 Å². The number of hydrogen-bond donors (Lipinski definition) is 2. The number of amides is 2. The number of nitrogens with one attached hydrogen (secondary N) is 2. The molecule has 0 bridgehead atoms. The third-order valence-corrected chi connectivity index (χ3v) is 8.17. The van der Waals surface area contributed by atoms with Crippen LogP contribution in [0.25, 0.3) is 0 Å². The van der Waals surface area contributed by atoms with E-state index in [0.29, 0.717) is 25.4 Å². The van der Waals surface area contributed by atoms with Crippen molar-refractivity contribution in [3.8, 4) is 0 Å². The Morgan fingerprint density at radius 2 is 1.91 bits per heavy atom. The number of nitrogens with zero attached hydrogens (tertiary/aromatic N) is 2. The van der Waals surface area contributed by atoms with E-state index in [1.165, 1.54) is 7.11 Å². The molecule has 9 nitrogen and oxygen atoms in total. The van der Waals surface area contributed by atoms with Gasteiger partial charge in [-0.3, -0.25) is 9.69 Å². The Labute approximate surface area is 215 Å². The average Bonchev–Trinajstić information content (AvgIpc) is 3.16. The average molecular weight is 531 g/mol. The summed E-state index contributed by atoms with van der Waals surface area (Å²) in [5.74, 6) is -0.135. The van der Waals surface area contributed by atoms with Gasteiger partial charge in [0.1, 0.15) is 6.04 Å². The highest BCUT2D eigenvalue weighted by atomic mass is 35.5. The Kier molecular flexibility index (Phi) is 11.7. The van der Waals surface area contributed by atoms with Crippen LogP contribution in [0.1, 0.15) is 45.4 Å². The van der Waals surface area contributed by atoms with Crippen molar-refractivity contribution in [2.75, 3.05) is 43.9 Å². The minimum Gasteiger partial charge on any atom is -0.468 e. The lowest BCUT2D eigenvalue weighted by Gasteiger charge is -2.29. The lowest BCUT2D eigenvalue weighted by molar-refractivity contribution is -0.143. The highest BCUT2D eigenvalue weighted by Crippen LogP contribution is 2.28. The summed E-state index contributed by atoms with van der Waals surface area (Å²) in [6.07, 6.45) is 4.46. The number of ether oxygens (including phenoxy) is 1. The van der Waals surface area contributed by atoms with Crippen molar-refractivity contribution in [2.45, 2.75) is 57.5 Å². The molecule has 1 aromatic carbocycles. The molecule has 0 spiro atoms. The van der Waals surface area contributed by atoms with Crippen LogP contribution in [0.5, 0.6) is 0 Å². The molecule has 2 fully saturated rings. The molecular formula is C24H39ClN4O5S. The summed E-state index contributed by atoms with van der Waals surface area (Å²) in [7, 11) is -2.39. The van der Waals surface area contributed by atoms with Crippen molar-refractivity contribution < 1.29 is 22.7 Å². The van der Waals surface area contributed by atoms with Gasteiger partial charge < -0.3 is 15.0 Å². The van der Waals surface area contributed by atoms with Crippen molar-refractivity contribution >= 4 is 40.1 Å². The van der Waals surface area contributed by atoms with Crippen molar-refractivity contribution in [3.05, 3.63) is 30.3 Å².